The Labute approximate surface area is 88.6 Å². The van der Waals surface area contributed by atoms with E-state index in [1.807, 2.05) is 10.9 Å². The molecule has 1 aliphatic carbocycles. The van der Waals surface area contributed by atoms with E-state index in [-0.39, 0.29) is 5.60 Å². The van der Waals surface area contributed by atoms with Gasteiger partial charge < -0.3 is 10.5 Å². The van der Waals surface area contributed by atoms with E-state index in [9.17, 15) is 0 Å². The highest BCUT2D eigenvalue weighted by atomic mass is 16.5. The minimum absolute atomic E-state index is 0.156. The predicted octanol–water partition coefficient (Wildman–Crippen LogP) is 1.13. The van der Waals surface area contributed by atoms with Crippen LogP contribution in [0.15, 0.2) is 6.20 Å². The van der Waals surface area contributed by atoms with Crippen molar-refractivity contribution in [3.05, 3.63) is 6.20 Å². The third-order valence-electron chi connectivity index (χ3n) is 3.63. The van der Waals surface area contributed by atoms with Crippen LogP contribution >= 0.6 is 0 Å². The van der Waals surface area contributed by atoms with Gasteiger partial charge in [0, 0.05) is 6.61 Å². The molecule has 0 bridgehead atoms. The number of nitrogens with zero attached hydrogens (tertiary/aromatic N) is 3. The van der Waals surface area contributed by atoms with Crippen molar-refractivity contribution in [1.29, 1.82) is 0 Å². The molecule has 2 N–H and O–H groups in total. The second-order valence-electron chi connectivity index (χ2n) is 4.66. The summed E-state index contributed by atoms with van der Waals surface area (Å²) < 4.78 is 7.77. The Morgan fingerprint density at radius 2 is 2.40 bits per heavy atom. The minimum Gasteiger partial charge on any atom is -0.381 e. The average molecular weight is 208 g/mol. The number of aromatic nitrogens is 3. The zero-order valence-electron chi connectivity index (χ0n) is 8.72. The summed E-state index contributed by atoms with van der Waals surface area (Å²) in [5.74, 6) is 0.504. The lowest BCUT2D eigenvalue weighted by Crippen LogP contribution is -2.46. The molecule has 1 atom stereocenters. The molecule has 2 aliphatic rings. The Balaban J connectivity index is 1.76. The van der Waals surface area contributed by atoms with Crippen LogP contribution in [0.3, 0.4) is 0 Å². The third kappa shape index (κ3) is 1.51. The van der Waals surface area contributed by atoms with Crippen molar-refractivity contribution in [2.75, 3.05) is 12.3 Å². The lowest BCUT2D eigenvalue weighted by molar-refractivity contribution is -0.141. The zero-order chi connectivity index (χ0) is 10.3. The van der Waals surface area contributed by atoms with Gasteiger partial charge in [0.1, 0.15) is 0 Å². The molecule has 1 aromatic rings. The van der Waals surface area contributed by atoms with E-state index in [0.717, 1.165) is 19.4 Å². The van der Waals surface area contributed by atoms with E-state index >= 15 is 0 Å². The van der Waals surface area contributed by atoms with E-state index in [1.165, 1.54) is 19.3 Å². The van der Waals surface area contributed by atoms with Gasteiger partial charge in [0.25, 0.3) is 0 Å². The second-order valence-corrected chi connectivity index (χ2v) is 4.66. The number of nitrogens with two attached hydrogens (primary N) is 1. The Kier molecular flexibility index (Phi) is 1.95. The van der Waals surface area contributed by atoms with Crippen LogP contribution in [0.25, 0.3) is 0 Å². The Bertz CT molecular complexity index is 358. The van der Waals surface area contributed by atoms with Gasteiger partial charge in [-0.2, -0.15) is 0 Å². The molecule has 5 heteroatoms. The summed E-state index contributed by atoms with van der Waals surface area (Å²) in [4.78, 5) is 0. The topological polar surface area (TPSA) is 66.0 Å². The van der Waals surface area contributed by atoms with Crippen LogP contribution in [0.4, 0.5) is 5.82 Å². The van der Waals surface area contributed by atoms with Gasteiger partial charge in [-0.15, -0.1) is 5.10 Å². The lowest BCUT2D eigenvalue weighted by atomic mass is 9.74. The molecule has 1 aromatic heterocycles. The number of hydrogen-bond acceptors (Lipinski definition) is 4. The van der Waals surface area contributed by atoms with Gasteiger partial charge in [0.2, 0.25) is 0 Å². The van der Waals surface area contributed by atoms with E-state index in [4.69, 9.17) is 10.5 Å². The SMILES string of the molecule is Nc1cn(C2CCOC3(CCC3)C2)nn1. The van der Waals surface area contributed by atoms with Crippen molar-refractivity contribution in [2.24, 2.45) is 0 Å². The molecular weight excluding hydrogens is 192 g/mol. The quantitative estimate of drug-likeness (QED) is 0.751. The zero-order valence-corrected chi connectivity index (χ0v) is 8.72. The first kappa shape index (κ1) is 9.15. The maximum Gasteiger partial charge on any atom is 0.165 e. The van der Waals surface area contributed by atoms with Crippen molar-refractivity contribution in [1.82, 2.24) is 15.0 Å². The molecule has 3 rings (SSSR count). The summed E-state index contributed by atoms with van der Waals surface area (Å²) in [7, 11) is 0. The van der Waals surface area contributed by atoms with Crippen LogP contribution in [0.1, 0.15) is 38.1 Å². The highest BCUT2D eigenvalue weighted by Crippen LogP contribution is 2.45. The van der Waals surface area contributed by atoms with Crippen LogP contribution in [-0.4, -0.2) is 27.2 Å². The number of rotatable bonds is 1. The summed E-state index contributed by atoms with van der Waals surface area (Å²) in [6.45, 7) is 0.838. The molecule has 2 fully saturated rings. The van der Waals surface area contributed by atoms with Gasteiger partial charge in [-0.05, 0) is 32.1 Å². The minimum atomic E-state index is 0.156. The normalized spacial score (nSPS) is 28.9. The first-order valence-electron chi connectivity index (χ1n) is 5.59. The summed E-state index contributed by atoms with van der Waals surface area (Å²) >= 11 is 0. The largest absolute Gasteiger partial charge is 0.381 e. The number of hydrogen-bond donors (Lipinski definition) is 1. The first-order valence-corrected chi connectivity index (χ1v) is 5.59. The fourth-order valence-corrected chi connectivity index (χ4v) is 2.62. The predicted molar refractivity (Wildman–Crippen MR) is 55.2 cm³/mol. The van der Waals surface area contributed by atoms with E-state index in [0.29, 0.717) is 11.9 Å². The highest BCUT2D eigenvalue weighted by molar-refractivity contribution is 5.20. The van der Waals surface area contributed by atoms with E-state index in [1.54, 1.807) is 0 Å². The molecule has 2 heterocycles. The smallest absolute Gasteiger partial charge is 0.165 e. The van der Waals surface area contributed by atoms with Crippen molar-refractivity contribution >= 4 is 5.82 Å². The molecule has 1 unspecified atom stereocenters. The first-order chi connectivity index (χ1) is 7.27. The van der Waals surface area contributed by atoms with Crippen LogP contribution in [0.5, 0.6) is 0 Å². The van der Waals surface area contributed by atoms with Crippen LogP contribution < -0.4 is 5.73 Å². The van der Waals surface area contributed by atoms with Gasteiger partial charge >= 0.3 is 0 Å². The molecular formula is C10H16N4O. The van der Waals surface area contributed by atoms with Crippen molar-refractivity contribution in [3.8, 4) is 0 Å². The Hall–Kier alpha value is -1.10. The third-order valence-corrected chi connectivity index (χ3v) is 3.63. The number of anilines is 1. The average Bonchev–Trinajstić information content (AvgIpc) is 2.63. The Morgan fingerprint density at radius 1 is 1.53 bits per heavy atom. The molecule has 0 aromatic carbocycles. The summed E-state index contributed by atoms with van der Waals surface area (Å²) in [5.41, 5.74) is 5.73. The molecule has 1 saturated carbocycles. The molecule has 1 spiro atoms. The molecule has 0 amide bonds. The monoisotopic (exact) mass is 208 g/mol. The fourth-order valence-electron chi connectivity index (χ4n) is 2.62. The van der Waals surface area contributed by atoms with Gasteiger partial charge in [0.15, 0.2) is 5.82 Å². The molecule has 1 aliphatic heterocycles. The number of nitrogen functional groups attached to an aromatic ring is 1. The standard InChI is InChI=1S/C10H16N4O/c11-9-7-14(13-12-9)8-2-5-15-10(6-8)3-1-4-10/h7-8H,1-6,11H2. The summed E-state index contributed by atoms with van der Waals surface area (Å²) in [6, 6.07) is 0.420. The van der Waals surface area contributed by atoms with E-state index in [2.05, 4.69) is 10.3 Å². The highest BCUT2D eigenvalue weighted by Gasteiger charge is 2.43. The summed E-state index contributed by atoms with van der Waals surface area (Å²) in [5, 5.41) is 7.88. The molecule has 1 saturated heterocycles. The lowest BCUT2D eigenvalue weighted by Gasteiger charge is -2.47. The molecule has 5 nitrogen and oxygen atoms in total. The molecule has 82 valence electrons. The van der Waals surface area contributed by atoms with Crippen molar-refractivity contribution in [3.63, 3.8) is 0 Å². The van der Waals surface area contributed by atoms with Gasteiger partial charge in [-0.25, -0.2) is 4.68 Å². The van der Waals surface area contributed by atoms with Crippen LogP contribution in [0.2, 0.25) is 0 Å². The van der Waals surface area contributed by atoms with Gasteiger partial charge in [-0.1, -0.05) is 5.21 Å². The van der Waals surface area contributed by atoms with Crippen LogP contribution in [-0.2, 0) is 4.74 Å². The maximum absolute atomic E-state index is 5.87. The van der Waals surface area contributed by atoms with Crippen molar-refractivity contribution < 1.29 is 4.74 Å². The fraction of sp³-hybridized carbons (Fsp3) is 0.800. The maximum atomic E-state index is 5.87. The second kappa shape index (κ2) is 3.20. The molecule has 15 heavy (non-hydrogen) atoms. The van der Waals surface area contributed by atoms with Crippen LogP contribution in [0, 0.1) is 0 Å². The van der Waals surface area contributed by atoms with Gasteiger partial charge in [-0.3, -0.25) is 0 Å². The van der Waals surface area contributed by atoms with E-state index < -0.39 is 0 Å². The number of ether oxygens (including phenoxy) is 1. The summed E-state index contributed by atoms with van der Waals surface area (Å²) in [6.07, 6.45) is 7.61. The van der Waals surface area contributed by atoms with Crippen molar-refractivity contribution in [2.45, 2.75) is 43.7 Å². The van der Waals surface area contributed by atoms with Gasteiger partial charge in [0.05, 0.1) is 17.8 Å². The molecule has 0 radical (unpaired) electrons. The Morgan fingerprint density at radius 3 is 3.00 bits per heavy atom.